The van der Waals surface area contributed by atoms with Crippen molar-refractivity contribution in [2.75, 3.05) is 13.2 Å². The van der Waals surface area contributed by atoms with Gasteiger partial charge in [0.15, 0.2) is 6.61 Å². The van der Waals surface area contributed by atoms with Crippen LogP contribution in [0.3, 0.4) is 0 Å². The molecule has 0 saturated heterocycles. The summed E-state index contributed by atoms with van der Waals surface area (Å²) in [4.78, 5) is 12.9. The van der Waals surface area contributed by atoms with Crippen molar-refractivity contribution in [3.05, 3.63) is 40.3 Å². The molecule has 3 N–H and O–H groups in total. The first-order valence-corrected chi connectivity index (χ1v) is 5.36. The van der Waals surface area contributed by atoms with Crippen molar-refractivity contribution in [1.29, 1.82) is 0 Å². The van der Waals surface area contributed by atoms with Crippen LogP contribution >= 0.6 is 0 Å². The van der Waals surface area contributed by atoms with E-state index in [-0.39, 0.29) is 17.9 Å². The summed E-state index contributed by atoms with van der Waals surface area (Å²) >= 11 is 0. The summed E-state index contributed by atoms with van der Waals surface area (Å²) in [5.74, 6) is -1.00. The second kappa shape index (κ2) is 7.22. The second-order valence-corrected chi connectivity index (χ2v) is 3.65. The molecule has 1 aromatic carbocycles. The molecule has 0 saturated carbocycles. The molecule has 1 aromatic rings. The molecule has 8 nitrogen and oxygen atoms in total. The predicted octanol–water partition coefficient (Wildman–Crippen LogP) is 0.855. The molecule has 0 radical (unpaired) electrons. The Kier molecular flexibility index (Phi) is 5.62. The normalized spacial score (nSPS) is 13.2. The maximum atomic E-state index is 10.4. The molecule has 102 valence electrons. The van der Waals surface area contributed by atoms with Crippen LogP contribution in [0.15, 0.2) is 29.4 Å². The minimum absolute atomic E-state index is 0.150. The highest BCUT2D eigenvalue weighted by Crippen LogP contribution is 2.27. The van der Waals surface area contributed by atoms with Gasteiger partial charge < -0.3 is 20.1 Å². The zero-order valence-corrected chi connectivity index (χ0v) is 9.88. The molecule has 19 heavy (non-hydrogen) atoms. The third-order valence-electron chi connectivity index (χ3n) is 2.29. The van der Waals surface area contributed by atoms with Gasteiger partial charge in [-0.05, 0) is 11.6 Å². The standard InChI is InChI=1S/C11H13N3O5/c12-14-13-5-8(15)11(18)7-3-1-2-4-9(7)19-6-10(16)17/h1-4,8,11,15,18H,5-6H2,(H,16,17). The highest BCUT2D eigenvalue weighted by Gasteiger charge is 2.21. The van der Waals surface area contributed by atoms with Crippen LogP contribution in [0.1, 0.15) is 11.7 Å². The van der Waals surface area contributed by atoms with Gasteiger partial charge in [-0.3, -0.25) is 0 Å². The van der Waals surface area contributed by atoms with E-state index in [1.165, 1.54) is 12.1 Å². The van der Waals surface area contributed by atoms with Crippen molar-refractivity contribution < 1.29 is 24.9 Å². The van der Waals surface area contributed by atoms with E-state index in [9.17, 15) is 15.0 Å². The molecule has 0 aliphatic rings. The van der Waals surface area contributed by atoms with Crippen molar-refractivity contribution in [3.63, 3.8) is 0 Å². The lowest BCUT2D eigenvalue weighted by Crippen LogP contribution is -2.22. The summed E-state index contributed by atoms with van der Waals surface area (Å²) in [5, 5.41) is 31.2. The van der Waals surface area contributed by atoms with Gasteiger partial charge in [0, 0.05) is 10.5 Å². The maximum Gasteiger partial charge on any atom is 0.341 e. The average molecular weight is 267 g/mol. The van der Waals surface area contributed by atoms with Crippen LogP contribution in [0.4, 0.5) is 0 Å². The number of hydrogen-bond donors (Lipinski definition) is 3. The zero-order valence-electron chi connectivity index (χ0n) is 9.88. The van der Waals surface area contributed by atoms with E-state index in [1.54, 1.807) is 12.1 Å². The number of azide groups is 1. The van der Waals surface area contributed by atoms with Gasteiger partial charge in [0.05, 0.1) is 12.6 Å². The molecule has 0 aliphatic carbocycles. The summed E-state index contributed by atoms with van der Waals surface area (Å²) in [7, 11) is 0. The Labute approximate surface area is 108 Å². The van der Waals surface area contributed by atoms with Gasteiger partial charge >= 0.3 is 5.97 Å². The van der Waals surface area contributed by atoms with Gasteiger partial charge in [-0.15, -0.1) is 0 Å². The largest absolute Gasteiger partial charge is 0.482 e. The first kappa shape index (κ1) is 14.8. The fourth-order valence-electron chi connectivity index (χ4n) is 1.42. The van der Waals surface area contributed by atoms with Crippen LogP contribution in [0.25, 0.3) is 10.4 Å². The van der Waals surface area contributed by atoms with Gasteiger partial charge in [0.2, 0.25) is 0 Å². The number of carboxylic acid groups (broad SMARTS) is 1. The molecule has 0 heterocycles. The summed E-state index contributed by atoms with van der Waals surface area (Å²) in [6, 6.07) is 6.17. The quantitative estimate of drug-likeness (QED) is 0.382. The van der Waals surface area contributed by atoms with Crippen LogP contribution in [-0.2, 0) is 4.79 Å². The van der Waals surface area contributed by atoms with Crippen molar-refractivity contribution in [1.82, 2.24) is 0 Å². The lowest BCUT2D eigenvalue weighted by molar-refractivity contribution is -0.139. The summed E-state index contributed by atoms with van der Waals surface area (Å²) in [6.45, 7) is -0.860. The molecule has 0 spiro atoms. The number of carbonyl (C=O) groups is 1. The molecule has 0 aromatic heterocycles. The van der Waals surface area contributed by atoms with Gasteiger partial charge in [-0.2, -0.15) is 0 Å². The molecule has 1 rings (SSSR count). The van der Waals surface area contributed by atoms with Crippen molar-refractivity contribution in [3.8, 4) is 5.75 Å². The Balaban J connectivity index is 2.85. The number of rotatable bonds is 7. The monoisotopic (exact) mass is 267 g/mol. The molecule has 2 atom stereocenters. The summed E-state index contributed by atoms with van der Waals surface area (Å²) in [5.41, 5.74) is 8.37. The molecule has 2 unspecified atom stereocenters. The third kappa shape index (κ3) is 4.47. The number of para-hydroxylation sites is 1. The number of hydrogen-bond acceptors (Lipinski definition) is 5. The zero-order chi connectivity index (χ0) is 14.3. The summed E-state index contributed by atoms with van der Waals surface area (Å²) < 4.78 is 5.00. The van der Waals surface area contributed by atoms with E-state index in [4.69, 9.17) is 15.4 Å². The van der Waals surface area contributed by atoms with E-state index in [1.807, 2.05) is 0 Å². The van der Waals surface area contributed by atoms with Gasteiger partial charge in [-0.1, -0.05) is 23.3 Å². The lowest BCUT2D eigenvalue weighted by atomic mass is 10.0. The SMILES string of the molecule is [N-]=[N+]=NCC(O)C(O)c1ccccc1OCC(=O)O. The third-order valence-corrected chi connectivity index (χ3v) is 2.29. The van der Waals surface area contributed by atoms with E-state index in [2.05, 4.69) is 10.0 Å². The molecule has 0 aliphatic heterocycles. The van der Waals surface area contributed by atoms with E-state index >= 15 is 0 Å². The van der Waals surface area contributed by atoms with Crippen LogP contribution in [0.2, 0.25) is 0 Å². The van der Waals surface area contributed by atoms with Crippen molar-refractivity contribution in [2.24, 2.45) is 5.11 Å². The Morgan fingerprint density at radius 1 is 1.42 bits per heavy atom. The Hall–Kier alpha value is -2.28. The number of aliphatic hydroxyl groups is 2. The predicted molar refractivity (Wildman–Crippen MR) is 64.6 cm³/mol. The minimum Gasteiger partial charge on any atom is -0.482 e. The number of ether oxygens (including phenoxy) is 1. The van der Waals surface area contributed by atoms with E-state index in [0.29, 0.717) is 0 Å². The highest BCUT2D eigenvalue weighted by atomic mass is 16.5. The fourth-order valence-corrected chi connectivity index (χ4v) is 1.42. The van der Waals surface area contributed by atoms with Crippen LogP contribution in [-0.4, -0.2) is 40.5 Å². The number of nitrogens with zero attached hydrogens (tertiary/aromatic N) is 3. The first-order chi connectivity index (χ1) is 9.06. The van der Waals surface area contributed by atoms with Gasteiger partial charge in [-0.25, -0.2) is 4.79 Å². The molecule has 8 heteroatoms. The number of benzene rings is 1. The maximum absolute atomic E-state index is 10.4. The topological polar surface area (TPSA) is 136 Å². The molecule has 0 amide bonds. The minimum atomic E-state index is -1.34. The first-order valence-electron chi connectivity index (χ1n) is 5.36. The number of aliphatic hydroxyl groups excluding tert-OH is 2. The van der Waals surface area contributed by atoms with Crippen LogP contribution < -0.4 is 4.74 Å². The molecule has 0 bridgehead atoms. The van der Waals surface area contributed by atoms with Crippen molar-refractivity contribution in [2.45, 2.75) is 12.2 Å². The Morgan fingerprint density at radius 2 is 2.11 bits per heavy atom. The van der Waals surface area contributed by atoms with Crippen LogP contribution in [0, 0.1) is 0 Å². The van der Waals surface area contributed by atoms with E-state index in [0.717, 1.165) is 0 Å². The van der Waals surface area contributed by atoms with E-state index < -0.39 is 24.8 Å². The Bertz CT molecular complexity index is 487. The molecular weight excluding hydrogens is 254 g/mol. The summed E-state index contributed by atoms with van der Waals surface area (Å²) in [6.07, 6.45) is -2.64. The number of aliphatic carboxylic acids is 1. The number of carboxylic acids is 1. The Morgan fingerprint density at radius 3 is 2.74 bits per heavy atom. The average Bonchev–Trinajstić information content (AvgIpc) is 2.42. The van der Waals surface area contributed by atoms with Crippen LogP contribution in [0.5, 0.6) is 5.75 Å². The van der Waals surface area contributed by atoms with Gasteiger partial charge in [0.25, 0.3) is 0 Å². The molecular formula is C11H13N3O5. The van der Waals surface area contributed by atoms with Gasteiger partial charge in [0.1, 0.15) is 11.9 Å². The second-order valence-electron chi connectivity index (χ2n) is 3.65. The lowest BCUT2D eigenvalue weighted by Gasteiger charge is -2.19. The molecule has 0 fully saturated rings. The fraction of sp³-hybridized carbons (Fsp3) is 0.364. The smallest absolute Gasteiger partial charge is 0.341 e. The highest BCUT2D eigenvalue weighted by molar-refractivity contribution is 5.68. The van der Waals surface area contributed by atoms with Crippen molar-refractivity contribution >= 4 is 5.97 Å².